The molecule has 3 nitrogen and oxygen atoms in total. The zero-order chi connectivity index (χ0) is 10.9. The minimum Gasteiger partial charge on any atom is -0.467 e. The molecule has 1 rings (SSSR count). The van der Waals surface area contributed by atoms with Crippen LogP contribution in [0, 0.1) is 11.3 Å². The second-order valence-electron chi connectivity index (χ2n) is 4.44. The van der Waals surface area contributed by atoms with Gasteiger partial charge in [0.15, 0.2) is 6.10 Å². The molecule has 0 bridgehead atoms. The Balaban J connectivity index is 2.79. The van der Waals surface area contributed by atoms with Crippen molar-refractivity contribution in [2.45, 2.75) is 32.8 Å². The molecule has 0 spiro atoms. The Morgan fingerprint density at radius 1 is 1.71 bits per heavy atom. The first-order valence-electron chi connectivity index (χ1n) is 4.85. The van der Waals surface area contributed by atoms with Gasteiger partial charge in [-0.15, -0.1) is 0 Å². The van der Waals surface area contributed by atoms with Crippen LogP contribution in [0.1, 0.15) is 26.7 Å². The monoisotopic (exact) mass is 198 g/mol. The number of allylic oxidation sites excluding steroid dienone is 1. The van der Waals surface area contributed by atoms with E-state index in [1.54, 1.807) is 0 Å². The zero-order valence-corrected chi connectivity index (χ0v) is 9.04. The van der Waals surface area contributed by atoms with E-state index >= 15 is 0 Å². The van der Waals surface area contributed by atoms with Crippen molar-refractivity contribution in [3.63, 3.8) is 0 Å². The number of aliphatic hydroxyl groups excluding tert-OH is 1. The Labute approximate surface area is 84.8 Å². The first kappa shape index (κ1) is 11.2. The topological polar surface area (TPSA) is 46.5 Å². The van der Waals surface area contributed by atoms with Gasteiger partial charge in [0, 0.05) is 5.92 Å². The maximum Gasteiger partial charge on any atom is 0.335 e. The average molecular weight is 198 g/mol. The Hall–Kier alpha value is -0.830. The molecule has 1 aliphatic rings. The number of methoxy groups -OCH3 is 1. The molecular weight excluding hydrogens is 180 g/mol. The van der Waals surface area contributed by atoms with E-state index in [4.69, 9.17) is 0 Å². The van der Waals surface area contributed by atoms with Gasteiger partial charge in [0.1, 0.15) is 0 Å². The van der Waals surface area contributed by atoms with Gasteiger partial charge < -0.3 is 9.84 Å². The summed E-state index contributed by atoms with van der Waals surface area (Å²) in [6.45, 7) is 7.99. The normalized spacial score (nSPS) is 27.4. The molecule has 80 valence electrons. The van der Waals surface area contributed by atoms with Crippen LogP contribution in [0.4, 0.5) is 0 Å². The number of carbonyl (C=O) groups excluding carboxylic acids is 1. The van der Waals surface area contributed by atoms with Crippen LogP contribution in [0.25, 0.3) is 0 Å². The molecule has 0 radical (unpaired) electrons. The summed E-state index contributed by atoms with van der Waals surface area (Å²) in [6, 6.07) is 0. The van der Waals surface area contributed by atoms with Crippen molar-refractivity contribution in [1.29, 1.82) is 0 Å². The van der Waals surface area contributed by atoms with E-state index < -0.39 is 12.1 Å². The number of hydrogen-bond acceptors (Lipinski definition) is 3. The van der Waals surface area contributed by atoms with Gasteiger partial charge in [0.2, 0.25) is 0 Å². The first-order chi connectivity index (χ1) is 6.41. The third-order valence-electron chi connectivity index (χ3n) is 3.42. The fourth-order valence-electron chi connectivity index (χ4n) is 2.11. The van der Waals surface area contributed by atoms with Crippen LogP contribution in [-0.2, 0) is 9.53 Å². The highest BCUT2D eigenvalue weighted by atomic mass is 16.5. The van der Waals surface area contributed by atoms with Gasteiger partial charge >= 0.3 is 5.97 Å². The highest BCUT2D eigenvalue weighted by Crippen LogP contribution is 2.47. The zero-order valence-electron chi connectivity index (χ0n) is 9.04. The molecule has 1 N–H and O–H groups in total. The minimum absolute atomic E-state index is 0.0672. The summed E-state index contributed by atoms with van der Waals surface area (Å²) in [5.74, 6) is -0.611. The summed E-state index contributed by atoms with van der Waals surface area (Å²) >= 11 is 0. The predicted molar refractivity (Wildman–Crippen MR) is 53.7 cm³/mol. The van der Waals surface area contributed by atoms with E-state index in [-0.39, 0.29) is 11.3 Å². The summed E-state index contributed by atoms with van der Waals surface area (Å²) in [4.78, 5) is 11.2. The van der Waals surface area contributed by atoms with E-state index in [9.17, 15) is 9.90 Å². The molecule has 0 aromatic carbocycles. The third kappa shape index (κ3) is 1.69. The molecule has 0 aliphatic heterocycles. The van der Waals surface area contributed by atoms with Crippen LogP contribution in [0.15, 0.2) is 12.2 Å². The molecule has 0 saturated heterocycles. The van der Waals surface area contributed by atoms with Crippen molar-refractivity contribution in [2.24, 2.45) is 11.3 Å². The van der Waals surface area contributed by atoms with E-state index in [1.807, 2.05) is 13.8 Å². The fourth-order valence-corrected chi connectivity index (χ4v) is 2.11. The van der Waals surface area contributed by atoms with Gasteiger partial charge in [-0.3, -0.25) is 0 Å². The van der Waals surface area contributed by atoms with Crippen molar-refractivity contribution in [1.82, 2.24) is 0 Å². The van der Waals surface area contributed by atoms with Crippen LogP contribution >= 0.6 is 0 Å². The standard InChI is InChI=1S/C11H18O3/c1-7-5-6-8(11(7,2)3)9(12)10(13)14-4/h8-9,12H,1,5-6H2,2-4H3/t8-,9-/m1/s1. The van der Waals surface area contributed by atoms with Crippen LogP contribution in [-0.4, -0.2) is 24.3 Å². The third-order valence-corrected chi connectivity index (χ3v) is 3.42. The number of ether oxygens (including phenoxy) is 1. The van der Waals surface area contributed by atoms with E-state index in [0.717, 1.165) is 18.4 Å². The number of esters is 1. The first-order valence-corrected chi connectivity index (χ1v) is 4.85. The number of aliphatic hydroxyl groups is 1. The minimum atomic E-state index is -1.02. The largest absolute Gasteiger partial charge is 0.467 e. The molecule has 1 fully saturated rings. The Kier molecular flexibility index (Phi) is 3.00. The summed E-state index contributed by atoms with van der Waals surface area (Å²) in [7, 11) is 1.29. The Bertz CT molecular complexity index is 255. The molecule has 1 aliphatic carbocycles. The SMILES string of the molecule is C=C1CC[C@H]([C@@H](O)C(=O)OC)C1(C)C. The van der Waals surface area contributed by atoms with Crippen LogP contribution in [0.5, 0.6) is 0 Å². The lowest BCUT2D eigenvalue weighted by atomic mass is 9.76. The van der Waals surface area contributed by atoms with Gasteiger partial charge in [-0.05, 0) is 18.3 Å². The van der Waals surface area contributed by atoms with Gasteiger partial charge in [-0.2, -0.15) is 0 Å². The molecule has 0 amide bonds. The summed E-state index contributed by atoms with van der Waals surface area (Å²) in [6.07, 6.45) is 0.669. The molecule has 0 aromatic heterocycles. The number of hydrogen-bond donors (Lipinski definition) is 1. The van der Waals surface area contributed by atoms with Crippen molar-refractivity contribution in [3.8, 4) is 0 Å². The van der Waals surface area contributed by atoms with Gasteiger partial charge in [-0.1, -0.05) is 26.0 Å². The quantitative estimate of drug-likeness (QED) is 0.540. The van der Waals surface area contributed by atoms with Crippen molar-refractivity contribution in [3.05, 3.63) is 12.2 Å². The summed E-state index contributed by atoms with van der Waals surface area (Å²) in [5.41, 5.74) is 0.929. The molecule has 0 aromatic rings. The molecule has 0 heterocycles. The van der Waals surface area contributed by atoms with Gasteiger partial charge in [-0.25, -0.2) is 4.79 Å². The lowest BCUT2D eigenvalue weighted by molar-refractivity contribution is -0.155. The summed E-state index contributed by atoms with van der Waals surface area (Å²) < 4.78 is 4.53. The number of rotatable bonds is 2. The highest BCUT2D eigenvalue weighted by Gasteiger charge is 2.44. The molecule has 1 saturated carbocycles. The maximum atomic E-state index is 11.2. The lowest BCUT2D eigenvalue weighted by Gasteiger charge is -2.30. The lowest BCUT2D eigenvalue weighted by Crippen LogP contribution is -2.36. The van der Waals surface area contributed by atoms with Gasteiger partial charge in [0.05, 0.1) is 7.11 Å². The summed E-state index contributed by atoms with van der Waals surface area (Å²) in [5, 5.41) is 9.76. The van der Waals surface area contributed by atoms with Crippen molar-refractivity contribution in [2.75, 3.05) is 7.11 Å². The Morgan fingerprint density at radius 2 is 2.29 bits per heavy atom. The van der Waals surface area contributed by atoms with Crippen molar-refractivity contribution < 1.29 is 14.6 Å². The van der Waals surface area contributed by atoms with Crippen LogP contribution in [0.2, 0.25) is 0 Å². The van der Waals surface area contributed by atoms with Crippen LogP contribution in [0.3, 0.4) is 0 Å². The van der Waals surface area contributed by atoms with Crippen LogP contribution < -0.4 is 0 Å². The second kappa shape index (κ2) is 3.73. The fraction of sp³-hybridized carbons (Fsp3) is 0.727. The van der Waals surface area contributed by atoms with Crippen molar-refractivity contribution >= 4 is 5.97 Å². The molecular formula is C11H18O3. The average Bonchev–Trinajstić information content (AvgIpc) is 2.40. The predicted octanol–water partition coefficient (Wildman–Crippen LogP) is 1.51. The molecule has 14 heavy (non-hydrogen) atoms. The number of carbonyl (C=O) groups is 1. The smallest absolute Gasteiger partial charge is 0.335 e. The second-order valence-corrected chi connectivity index (χ2v) is 4.44. The van der Waals surface area contributed by atoms with E-state index in [2.05, 4.69) is 11.3 Å². The highest BCUT2D eigenvalue weighted by molar-refractivity contribution is 5.74. The van der Waals surface area contributed by atoms with E-state index in [0.29, 0.717) is 0 Å². The Morgan fingerprint density at radius 3 is 2.64 bits per heavy atom. The molecule has 0 unspecified atom stereocenters. The maximum absolute atomic E-state index is 11.2. The van der Waals surface area contributed by atoms with Gasteiger partial charge in [0.25, 0.3) is 0 Å². The molecule has 3 heteroatoms. The molecule has 2 atom stereocenters. The van der Waals surface area contributed by atoms with E-state index in [1.165, 1.54) is 7.11 Å².